The standard InChI is InChI=1S/C14H26N2/c1-12(2)7-6-8-13(3)9-10-14(11-15)16(4)5/h7,13-14H,6,8-10H2,1-5H3/t13-,14?/m0/s1. The highest BCUT2D eigenvalue weighted by atomic mass is 15.1. The third kappa shape index (κ3) is 7.48. The van der Waals surface area contributed by atoms with Crippen LogP contribution in [0.25, 0.3) is 0 Å². The molecule has 0 aromatic rings. The van der Waals surface area contributed by atoms with Gasteiger partial charge in [0.05, 0.1) is 12.1 Å². The van der Waals surface area contributed by atoms with Crippen molar-refractivity contribution in [1.82, 2.24) is 4.90 Å². The molecule has 1 unspecified atom stereocenters. The van der Waals surface area contributed by atoms with Crippen LogP contribution >= 0.6 is 0 Å². The van der Waals surface area contributed by atoms with Gasteiger partial charge in [-0.2, -0.15) is 5.26 Å². The van der Waals surface area contributed by atoms with Gasteiger partial charge in [-0.3, -0.25) is 4.90 Å². The van der Waals surface area contributed by atoms with Crippen molar-refractivity contribution in [3.05, 3.63) is 11.6 Å². The van der Waals surface area contributed by atoms with Gasteiger partial charge in [-0.25, -0.2) is 0 Å². The smallest absolute Gasteiger partial charge is 0.0973 e. The van der Waals surface area contributed by atoms with E-state index in [0.717, 1.165) is 12.8 Å². The topological polar surface area (TPSA) is 27.0 Å². The minimum Gasteiger partial charge on any atom is -0.294 e. The van der Waals surface area contributed by atoms with Gasteiger partial charge in [0.1, 0.15) is 0 Å². The fraction of sp³-hybridized carbons (Fsp3) is 0.786. The minimum atomic E-state index is 0.0749. The van der Waals surface area contributed by atoms with E-state index in [0.29, 0.717) is 5.92 Å². The monoisotopic (exact) mass is 222 g/mol. The second-order valence-electron chi connectivity index (χ2n) is 5.15. The van der Waals surface area contributed by atoms with Crippen molar-refractivity contribution in [2.75, 3.05) is 14.1 Å². The summed E-state index contributed by atoms with van der Waals surface area (Å²) in [5.41, 5.74) is 1.40. The summed E-state index contributed by atoms with van der Waals surface area (Å²) in [6.07, 6.45) is 6.83. The van der Waals surface area contributed by atoms with Crippen LogP contribution in [-0.4, -0.2) is 25.0 Å². The van der Waals surface area contributed by atoms with Gasteiger partial charge < -0.3 is 0 Å². The van der Waals surface area contributed by atoms with E-state index in [1.165, 1.54) is 18.4 Å². The number of allylic oxidation sites excluding steroid dienone is 2. The molecule has 0 aromatic heterocycles. The third-order valence-corrected chi connectivity index (χ3v) is 2.92. The summed E-state index contributed by atoms with van der Waals surface area (Å²) in [5, 5.41) is 8.96. The predicted octanol–water partition coefficient (Wildman–Crippen LogP) is 3.60. The molecule has 2 nitrogen and oxygen atoms in total. The van der Waals surface area contributed by atoms with Crippen LogP contribution in [-0.2, 0) is 0 Å². The van der Waals surface area contributed by atoms with E-state index in [9.17, 15) is 0 Å². The quantitative estimate of drug-likeness (QED) is 0.615. The number of hydrogen-bond donors (Lipinski definition) is 0. The molecule has 0 bridgehead atoms. The molecule has 0 aliphatic heterocycles. The van der Waals surface area contributed by atoms with Crippen LogP contribution in [0.1, 0.15) is 46.5 Å². The summed E-state index contributed by atoms with van der Waals surface area (Å²) in [6, 6.07) is 2.42. The lowest BCUT2D eigenvalue weighted by Gasteiger charge is -2.18. The van der Waals surface area contributed by atoms with Gasteiger partial charge in [-0.05, 0) is 59.5 Å². The molecule has 0 aromatic carbocycles. The average Bonchev–Trinajstić information content (AvgIpc) is 2.17. The Morgan fingerprint density at radius 2 is 1.88 bits per heavy atom. The van der Waals surface area contributed by atoms with E-state index in [1.54, 1.807) is 0 Å². The number of rotatable bonds is 7. The molecule has 0 heterocycles. The van der Waals surface area contributed by atoms with E-state index in [-0.39, 0.29) is 6.04 Å². The van der Waals surface area contributed by atoms with Gasteiger partial charge in [-0.15, -0.1) is 0 Å². The molecule has 0 amide bonds. The third-order valence-electron chi connectivity index (χ3n) is 2.92. The normalized spacial score (nSPS) is 14.3. The molecule has 0 radical (unpaired) electrons. The number of nitriles is 1. The Morgan fingerprint density at radius 1 is 1.25 bits per heavy atom. The van der Waals surface area contributed by atoms with Gasteiger partial charge in [-0.1, -0.05) is 18.6 Å². The van der Waals surface area contributed by atoms with Crippen LogP contribution in [0, 0.1) is 17.2 Å². The second-order valence-corrected chi connectivity index (χ2v) is 5.15. The molecule has 0 saturated heterocycles. The maximum atomic E-state index is 8.96. The van der Waals surface area contributed by atoms with Crippen LogP contribution < -0.4 is 0 Å². The highest BCUT2D eigenvalue weighted by molar-refractivity contribution is 4.93. The molecule has 0 aliphatic carbocycles. The second kappa shape index (κ2) is 8.35. The largest absolute Gasteiger partial charge is 0.294 e. The zero-order chi connectivity index (χ0) is 12.6. The van der Waals surface area contributed by atoms with Crippen LogP contribution in [0.2, 0.25) is 0 Å². The molecule has 2 heteroatoms. The van der Waals surface area contributed by atoms with Crippen molar-refractivity contribution < 1.29 is 0 Å². The van der Waals surface area contributed by atoms with Crippen molar-refractivity contribution in [1.29, 1.82) is 5.26 Å². The van der Waals surface area contributed by atoms with E-state index in [4.69, 9.17) is 5.26 Å². The van der Waals surface area contributed by atoms with Gasteiger partial charge in [0.2, 0.25) is 0 Å². The zero-order valence-electron chi connectivity index (χ0n) is 11.5. The van der Waals surface area contributed by atoms with Crippen LogP contribution in [0.15, 0.2) is 11.6 Å². The zero-order valence-corrected chi connectivity index (χ0v) is 11.5. The van der Waals surface area contributed by atoms with E-state index >= 15 is 0 Å². The summed E-state index contributed by atoms with van der Waals surface area (Å²) in [6.45, 7) is 6.56. The summed E-state index contributed by atoms with van der Waals surface area (Å²) in [5.74, 6) is 0.714. The fourth-order valence-corrected chi connectivity index (χ4v) is 1.68. The van der Waals surface area contributed by atoms with Crippen LogP contribution in [0.5, 0.6) is 0 Å². The van der Waals surface area contributed by atoms with Gasteiger partial charge in [0.15, 0.2) is 0 Å². The highest BCUT2D eigenvalue weighted by Crippen LogP contribution is 2.16. The van der Waals surface area contributed by atoms with Crippen LogP contribution in [0.4, 0.5) is 0 Å². The Kier molecular flexibility index (Phi) is 7.93. The summed E-state index contributed by atoms with van der Waals surface area (Å²) in [4.78, 5) is 2.00. The predicted molar refractivity (Wildman–Crippen MR) is 70.2 cm³/mol. The van der Waals surface area contributed by atoms with Crippen molar-refractivity contribution in [3.8, 4) is 6.07 Å². The molecule has 0 saturated carbocycles. The Bertz CT molecular complexity index is 244. The van der Waals surface area contributed by atoms with Crippen molar-refractivity contribution in [3.63, 3.8) is 0 Å². The molecule has 16 heavy (non-hydrogen) atoms. The van der Waals surface area contributed by atoms with E-state index in [2.05, 4.69) is 32.9 Å². The Morgan fingerprint density at radius 3 is 2.31 bits per heavy atom. The van der Waals surface area contributed by atoms with Crippen molar-refractivity contribution in [2.24, 2.45) is 5.92 Å². The SMILES string of the molecule is CC(C)=CCC[C@H](C)CCC(C#N)N(C)C. The lowest BCUT2D eigenvalue weighted by Crippen LogP contribution is -2.26. The van der Waals surface area contributed by atoms with Crippen LogP contribution in [0.3, 0.4) is 0 Å². The fourth-order valence-electron chi connectivity index (χ4n) is 1.68. The summed E-state index contributed by atoms with van der Waals surface area (Å²) in [7, 11) is 3.95. The molecule has 0 fully saturated rings. The van der Waals surface area contributed by atoms with E-state index in [1.807, 2.05) is 19.0 Å². The average molecular weight is 222 g/mol. The molecule has 2 atom stereocenters. The first-order valence-electron chi connectivity index (χ1n) is 6.16. The molecule has 0 N–H and O–H groups in total. The van der Waals surface area contributed by atoms with Crippen molar-refractivity contribution in [2.45, 2.75) is 52.5 Å². The highest BCUT2D eigenvalue weighted by Gasteiger charge is 2.11. The Labute approximate surface area is 101 Å². The maximum absolute atomic E-state index is 8.96. The van der Waals surface area contributed by atoms with Gasteiger partial charge in [0.25, 0.3) is 0 Å². The molecular weight excluding hydrogens is 196 g/mol. The van der Waals surface area contributed by atoms with Gasteiger partial charge >= 0.3 is 0 Å². The lowest BCUT2D eigenvalue weighted by atomic mass is 9.96. The summed E-state index contributed by atoms with van der Waals surface area (Å²) >= 11 is 0. The molecule has 0 spiro atoms. The summed E-state index contributed by atoms with van der Waals surface area (Å²) < 4.78 is 0. The van der Waals surface area contributed by atoms with Gasteiger partial charge in [0, 0.05) is 0 Å². The lowest BCUT2D eigenvalue weighted by molar-refractivity contribution is 0.310. The maximum Gasteiger partial charge on any atom is 0.0973 e. The Hall–Kier alpha value is -0.810. The number of hydrogen-bond acceptors (Lipinski definition) is 2. The van der Waals surface area contributed by atoms with Crippen molar-refractivity contribution >= 4 is 0 Å². The molecule has 0 aliphatic rings. The Balaban J connectivity index is 3.76. The molecule has 92 valence electrons. The number of nitrogens with zero attached hydrogens (tertiary/aromatic N) is 2. The molecular formula is C14H26N2. The first-order valence-corrected chi connectivity index (χ1v) is 6.16. The minimum absolute atomic E-state index is 0.0749. The van der Waals surface area contributed by atoms with E-state index < -0.39 is 0 Å². The molecule has 0 rings (SSSR count). The first-order chi connectivity index (χ1) is 7.47. The first kappa shape index (κ1) is 15.2.